The molecular formula is C65H78Cl3NO11Si. The molecule has 6 aromatic carbocycles. The summed E-state index contributed by atoms with van der Waals surface area (Å²) >= 11 is 19.3. The predicted octanol–water partition coefficient (Wildman–Crippen LogP) is 14.5. The quantitative estimate of drug-likeness (QED) is 0.0218. The van der Waals surface area contributed by atoms with Crippen molar-refractivity contribution in [2.45, 2.75) is 163 Å². The molecule has 6 aromatic rings. The molecule has 2 fully saturated rings. The highest BCUT2D eigenvalue weighted by Crippen LogP contribution is 2.44. The average molecular weight is 1180 g/mol. The summed E-state index contributed by atoms with van der Waals surface area (Å²) < 4.78 is 75.4. The van der Waals surface area contributed by atoms with Gasteiger partial charge in [-0.3, -0.25) is 5.41 Å². The van der Waals surface area contributed by atoms with Gasteiger partial charge in [0.1, 0.15) is 42.7 Å². The van der Waals surface area contributed by atoms with Crippen LogP contribution in [0, 0.1) is 5.41 Å². The van der Waals surface area contributed by atoms with Crippen LogP contribution >= 0.6 is 34.8 Å². The van der Waals surface area contributed by atoms with Gasteiger partial charge in [-0.1, -0.05) is 258 Å². The molecule has 12 nitrogen and oxygen atoms in total. The summed E-state index contributed by atoms with van der Waals surface area (Å²) in [7, 11) is -2.55. The third kappa shape index (κ3) is 17.5. The van der Waals surface area contributed by atoms with Crippen LogP contribution in [-0.4, -0.2) is 92.6 Å². The lowest BCUT2D eigenvalue weighted by Crippen LogP contribution is -2.67. The zero-order valence-corrected chi connectivity index (χ0v) is 50.4. The summed E-state index contributed by atoms with van der Waals surface area (Å²) in [5.41, 5.74) is 6.33. The maximum atomic E-state index is 9.05. The molecule has 2 heterocycles. The van der Waals surface area contributed by atoms with Crippen LogP contribution in [0.5, 0.6) is 0 Å². The van der Waals surface area contributed by atoms with Crippen molar-refractivity contribution < 1.29 is 51.8 Å². The van der Waals surface area contributed by atoms with Crippen LogP contribution in [0.25, 0.3) is 0 Å². The van der Waals surface area contributed by atoms with E-state index in [1.807, 2.05) is 182 Å². The van der Waals surface area contributed by atoms with Gasteiger partial charge in [0.15, 0.2) is 20.7 Å². The standard InChI is InChI=1S/C65H78Cl3NO11Si/c1-45(2)81(46(3)4,47(5)6)76-44-55-57(72-39-50-29-17-9-18-30-50)58(73-40-51-31-19-10-20-32-51)60(75-42-53-35-23-12-24-36-53)62(78-55)79-61-59(74-41-52-33-21-11-22-34-52)56(71-38-49-27-15-8-16-28-49)54(43-70-37-48-25-13-7-14-26-48)77-63(61)80-64(69)65(66,67)68/h7-36,45-47,54-63,69H,37-44H2,1-6H3/t54-,55-,56-,57-,58+,59+,60+,61+,62-,63-/m1/s1. The maximum Gasteiger partial charge on any atom is 0.265 e. The molecule has 16 heteroatoms. The molecule has 1 N–H and O–H groups in total. The number of halogens is 3. The van der Waals surface area contributed by atoms with E-state index in [1.165, 1.54) is 0 Å². The molecule has 0 unspecified atom stereocenters. The monoisotopic (exact) mass is 1180 g/mol. The summed E-state index contributed by atoms with van der Waals surface area (Å²) in [5.74, 6) is -0.705. The molecule has 10 atom stereocenters. The van der Waals surface area contributed by atoms with Crippen LogP contribution in [0.2, 0.25) is 16.6 Å². The van der Waals surface area contributed by atoms with Crippen molar-refractivity contribution in [1.29, 1.82) is 5.41 Å². The topological polar surface area (TPSA) is 125 Å². The molecule has 2 aliphatic rings. The first-order chi connectivity index (χ1) is 39.2. The van der Waals surface area contributed by atoms with E-state index in [4.69, 9.17) is 92.0 Å². The Morgan fingerprint density at radius 2 is 0.728 bits per heavy atom. The fourth-order valence-corrected chi connectivity index (χ4v) is 16.7. The van der Waals surface area contributed by atoms with Crippen molar-refractivity contribution in [2.75, 3.05) is 13.2 Å². The Hall–Kier alpha value is -4.52. The van der Waals surface area contributed by atoms with Crippen LogP contribution in [0.3, 0.4) is 0 Å². The van der Waals surface area contributed by atoms with Crippen molar-refractivity contribution in [3.63, 3.8) is 0 Å². The second kappa shape index (κ2) is 30.9. The molecule has 0 aromatic heterocycles. The highest BCUT2D eigenvalue weighted by Gasteiger charge is 2.56. The second-order valence-electron chi connectivity index (χ2n) is 21.6. The molecule has 0 amide bonds. The Morgan fingerprint density at radius 1 is 0.420 bits per heavy atom. The van der Waals surface area contributed by atoms with Crippen molar-refractivity contribution in [2.24, 2.45) is 0 Å². The smallest absolute Gasteiger partial charge is 0.265 e. The largest absolute Gasteiger partial charge is 0.445 e. The van der Waals surface area contributed by atoms with E-state index in [9.17, 15) is 0 Å². The van der Waals surface area contributed by atoms with Gasteiger partial charge in [-0.25, -0.2) is 0 Å². The number of hydrogen-bond donors (Lipinski definition) is 1. The third-order valence-electron chi connectivity index (χ3n) is 15.0. The van der Waals surface area contributed by atoms with Gasteiger partial charge in [-0.05, 0) is 50.0 Å². The summed E-state index contributed by atoms with van der Waals surface area (Å²) in [4.78, 5) is 0. The van der Waals surface area contributed by atoms with E-state index in [0.717, 1.165) is 33.4 Å². The zero-order chi connectivity index (χ0) is 57.2. The minimum absolute atomic E-state index is 0.0123. The summed E-state index contributed by atoms with van der Waals surface area (Å²) in [6.45, 7) is 14.8. The Bertz CT molecular complexity index is 2710. The Morgan fingerprint density at radius 3 is 1.09 bits per heavy atom. The average Bonchev–Trinajstić information content (AvgIpc) is 3.48. The van der Waals surface area contributed by atoms with Crippen LogP contribution in [0.15, 0.2) is 182 Å². The molecule has 8 rings (SSSR count). The molecular weight excluding hydrogens is 1110 g/mol. The molecule has 0 spiro atoms. The van der Waals surface area contributed by atoms with Gasteiger partial charge in [0.05, 0.1) is 52.9 Å². The highest BCUT2D eigenvalue weighted by molar-refractivity contribution is 6.77. The number of nitrogens with one attached hydrogen (secondary N) is 1. The van der Waals surface area contributed by atoms with Crippen molar-refractivity contribution in [1.82, 2.24) is 0 Å². The SMILES string of the molecule is CC(C)[Si](OC[C@H]1O[C@H](O[C@@H]2[C@@H](OC(=N)C(Cl)(Cl)Cl)O[C@H](COCc3ccccc3)[C@@H](OCc3ccccc3)[C@@H]2OCc2ccccc2)[C@@H](OCc2ccccc2)[C@@H](OCc2ccccc2)[C@@H]1OCc1ccccc1)(C(C)C)C(C)C. The normalized spacial score (nSPS) is 23.5. The molecule has 0 bridgehead atoms. The van der Waals surface area contributed by atoms with E-state index in [2.05, 4.69) is 41.5 Å². The fraction of sp³-hybridized carbons (Fsp3) is 0.431. The lowest BCUT2D eigenvalue weighted by atomic mass is 9.96. The fourth-order valence-electron chi connectivity index (χ4n) is 11.1. The maximum absolute atomic E-state index is 9.05. The van der Waals surface area contributed by atoms with E-state index < -0.39 is 79.4 Å². The van der Waals surface area contributed by atoms with Gasteiger partial charge < -0.3 is 51.8 Å². The number of benzene rings is 6. The first kappa shape index (κ1) is 62.5. The number of hydrogen-bond acceptors (Lipinski definition) is 12. The van der Waals surface area contributed by atoms with Gasteiger partial charge in [0, 0.05) is 0 Å². The summed E-state index contributed by atoms with van der Waals surface area (Å²) in [6, 6.07) is 59.3. The van der Waals surface area contributed by atoms with Gasteiger partial charge in [-0.2, -0.15) is 0 Å². The molecule has 434 valence electrons. The number of ether oxygens (including phenoxy) is 10. The van der Waals surface area contributed by atoms with Crippen LogP contribution in [0.4, 0.5) is 0 Å². The molecule has 2 saturated heterocycles. The van der Waals surface area contributed by atoms with E-state index in [1.54, 1.807) is 0 Å². The Kier molecular flexibility index (Phi) is 23.8. The van der Waals surface area contributed by atoms with E-state index >= 15 is 0 Å². The molecule has 0 saturated carbocycles. The number of alkyl halides is 3. The Labute approximate surface area is 495 Å². The van der Waals surface area contributed by atoms with Gasteiger partial charge >= 0.3 is 0 Å². The molecule has 2 aliphatic heterocycles. The zero-order valence-electron chi connectivity index (χ0n) is 47.1. The van der Waals surface area contributed by atoms with Crippen molar-refractivity contribution >= 4 is 49.0 Å². The Balaban J connectivity index is 1.26. The van der Waals surface area contributed by atoms with Gasteiger partial charge in [-0.15, -0.1) is 0 Å². The third-order valence-corrected chi connectivity index (χ3v) is 21.6. The van der Waals surface area contributed by atoms with Crippen LogP contribution < -0.4 is 0 Å². The molecule has 81 heavy (non-hydrogen) atoms. The van der Waals surface area contributed by atoms with Gasteiger partial charge in [0.2, 0.25) is 12.2 Å². The first-order valence-corrected chi connectivity index (χ1v) is 31.3. The minimum Gasteiger partial charge on any atom is -0.445 e. The minimum atomic E-state index is -2.55. The van der Waals surface area contributed by atoms with Crippen LogP contribution in [0.1, 0.15) is 74.9 Å². The predicted molar refractivity (Wildman–Crippen MR) is 319 cm³/mol. The van der Waals surface area contributed by atoms with Gasteiger partial charge in [0.25, 0.3) is 3.79 Å². The van der Waals surface area contributed by atoms with E-state index in [-0.39, 0.29) is 69.5 Å². The second-order valence-corrected chi connectivity index (χ2v) is 29.3. The number of rotatable bonds is 28. The molecule has 0 radical (unpaired) electrons. The van der Waals surface area contributed by atoms with Crippen molar-refractivity contribution in [3.8, 4) is 0 Å². The highest BCUT2D eigenvalue weighted by atomic mass is 35.6. The van der Waals surface area contributed by atoms with Crippen LogP contribution in [-0.2, 0) is 91.4 Å². The summed E-state index contributed by atoms with van der Waals surface area (Å²) in [5, 5.41) is 9.05. The lowest BCUT2D eigenvalue weighted by molar-refractivity contribution is -0.376. The summed E-state index contributed by atoms with van der Waals surface area (Å²) in [6.07, 6.45) is -10.3. The van der Waals surface area contributed by atoms with E-state index in [0.29, 0.717) is 0 Å². The lowest BCUT2D eigenvalue weighted by Gasteiger charge is -2.51. The molecule has 0 aliphatic carbocycles. The van der Waals surface area contributed by atoms with Crippen molar-refractivity contribution in [3.05, 3.63) is 215 Å². The first-order valence-electron chi connectivity index (χ1n) is 28.0.